The van der Waals surface area contributed by atoms with Crippen LogP contribution in [0.4, 0.5) is 5.69 Å². The molecule has 0 fully saturated rings. The topological polar surface area (TPSA) is 77.0 Å². The van der Waals surface area contributed by atoms with E-state index in [1.54, 1.807) is 18.3 Å². The molecule has 6 nitrogen and oxygen atoms in total. The predicted octanol–water partition coefficient (Wildman–Crippen LogP) is 4.73. The number of thiophene rings is 1. The van der Waals surface area contributed by atoms with Crippen LogP contribution >= 0.6 is 22.9 Å². The molecule has 140 valence electrons. The summed E-state index contributed by atoms with van der Waals surface area (Å²) >= 11 is 7.47. The molecular formula is C20H15ClN4O2S. The normalized spacial score (nSPS) is 10.8. The first-order chi connectivity index (χ1) is 13.6. The van der Waals surface area contributed by atoms with E-state index in [4.69, 9.17) is 16.3 Å². The summed E-state index contributed by atoms with van der Waals surface area (Å²) in [5.41, 5.74) is 3.64. The number of pyridine rings is 1. The van der Waals surface area contributed by atoms with E-state index in [1.165, 1.54) is 23.2 Å². The summed E-state index contributed by atoms with van der Waals surface area (Å²) in [6.07, 6.45) is 2.98. The van der Waals surface area contributed by atoms with E-state index in [1.807, 2.05) is 36.6 Å². The van der Waals surface area contributed by atoms with Crippen molar-refractivity contribution in [1.29, 1.82) is 0 Å². The Morgan fingerprint density at radius 3 is 2.79 bits per heavy atom. The van der Waals surface area contributed by atoms with Gasteiger partial charge in [-0.05, 0) is 24.6 Å². The second-order valence-electron chi connectivity index (χ2n) is 6.05. The van der Waals surface area contributed by atoms with Gasteiger partial charge in [-0.1, -0.05) is 41.4 Å². The molecule has 3 heterocycles. The lowest BCUT2D eigenvalue weighted by atomic mass is 10.0. The third kappa shape index (κ3) is 3.81. The molecular weight excluding hydrogens is 396 g/mol. The maximum atomic E-state index is 12.2. The van der Waals surface area contributed by atoms with Crippen molar-refractivity contribution in [2.75, 3.05) is 11.9 Å². The fraction of sp³-hybridized carbons (Fsp3) is 0.100. The molecule has 0 bridgehead atoms. The van der Waals surface area contributed by atoms with Gasteiger partial charge in [0.25, 0.3) is 5.91 Å². The number of fused-ring (bicyclic) bond motifs is 1. The molecule has 0 atom stereocenters. The second kappa shape index (κ2) is 7.92. The van der Waals surface area contributed by atoms with E-state index in [2.05, 4.69) is 20.3 Å². The number of carbonyl (C=O) groups excluding carboxylic acids is 1. The molecule has 28 heavy (non-hydrogen) atoms. The van der Waals surface area contributed by atoms with Crippen molar-refractivity contribution in [3.8, 4) is 17.0 Å². The number of hydrogen-bond donors (Lipinski definition) is 1. The first kappa shape index (κ1) is 18.3. The molecule has 0 aliphatic carbocycles. The molecule has 0 unspecified atom stereocenters. The van der Waals surface area contributed by atoms with E-state index < -0.39 is 0 Å². The van der Waals surface area contributed by atoms with Crippen LogP contribution in [0.2, 0.25) is 5.15 Å². The summed E-state index contributed by atoms with van der Waals surface area (Å²) in [5.74, 6) is 0.0167. The lowest BCUT2D eigenvalue weighted by Gasteiger charge is -2.09. The molecule has 0 spiro atoms. The van der Waals surface area contributed by atoms with Crippen molar-refractivity contribution in [2.24, 2.45) is 0 Å². The number of rotatable bonds is 5. The molecule has 0 saturated heterocycles. The van der Waals surface area contributed by atoms with Gasteiger partial charge in [0, 0.05) is 17.1 Å². The van der Waals surface area contributed by atoms with Crippen LogP contribution < -0.4 is 10.1 Å². The second-order valence-corrected chi connectivity index (χ2v) is 7.27. The first-order valence-corrected chi connectivity index (χ1v) is 9.70. The molecule has 8 heteroatoms. The zero-order valence-electron chi connectivity index (χ0n) is 14.8. The Bertz CT molecular complexity index is 1140. The molecule has 0 saturated carbocycles. The van der Waals surface area contributed by atoms with Gasteiger partial charge in [-0.3, -0.25) is 4.79 Å². The van der Waals surface area contributed by atoms with Gasteiger partial charge in [0.1, 0.15) is 11.2 Å². The molecule has 3 aromatic heterocycles. The Balaban J connectivity index is 1.57. The van der Waals surface area contributed by atoms with Gasteiger partial charge in [-0.15, -0.1) is 11.3 Å². The molecule has 1 aromatic carbocycles. The Morgan fingerprint density at radius 1 is 1.18 bits per heavy atom. The van der Waals surface area contributed by atoms with E-state index in [9.17, 15) is 4.79 Å². The highest BCUT2D eigenvalue weighted by atomic mass is 35.5. The van der Waals surface area contributed by atoms with Gasteiger partial charge in [-0.25, -0.2) is 15.0 Å². The summed E-state index contributed by atoms with van der Waals surface area (Å²) in [5, 5.41) is 5.71. The van der Waals surface area contributed by atoms with Crippen LogP contribution in [-0.2, 0) is 4.79 Å². The zero-order valence-corrected chi connectivity index (χ0v) is 16.4. The van der Waals surface area contributed by atoms with Crippen LogP contribution in [0.1, 0.15) is 5.56 Å². The molecule has 0 aliphatic rings. The molecule has 1 N–H and O–H groups in total. The minimum absolute atomic E-state index is 0.208. The van der Waals surface area contributed by atoms with Crippen LogP contribution in [0.25, 0.3) is 21.3 Å². The molecule has 4 aromatic rings. The maximum absolute atomic E-state index is 12.2. The minimum Gasteiger partial charge on any atom is -0.467 e. The number of carbonyl (C=O) groups is 1. The van der Waals surface area contributed by atoms with E-state index in [0.717, 1.165) is 21.3 Å². The van der Waals surface area contributed by atoms with Crippen molar-refractivity contribution in [3.63, 3.8) is 0 Å². The number of nitrogens with zero attached hydrogens (tertiary/aromatic N) is 3. The number of benzene rings is 1. The zero-order chi connectivity index (χ0) is 19.5. The number of hydrogen-bond acceptors (Lipinski definition) is 6. The fourth-order valence-corrected chi connectivity index (χ4v) is 3.78. The van der Waals surface area contributed by atoms with Gasteiger partial charge in [-0.2, -0.15) is 0 Å². The van der Waals surface area contributed by atoms with Gasteiger partial charge in [0.15, 0.2) is 11.8 Å². The predicted molar refractivity (Wildman–Crippen MR) is 111 cm³/mol. The third-order valence-corrected chi connectivity index (χ3v) is 5.26. The summed E-state index contributed by atoms with van der Waals surface area (Å²) in [6, 6.07) is 11.6. The van der Waals surface area contributed by atoms with Crippen molar-refractivity contribution in [3.05, 3.63) is 65.0 Å². The lowest BCUT2D eigenvalue weighted by molar-refractivity contribution is -0.118. The lowest BCUT2D eigenvalue weighted by Crippen LogP contribution is -2.20. The summed E-state index contributed by atoms with van der Waals surface area (Å²) < 4.78 is 5.72. The molecule has 4 rings (SSSR count). The maximum Gasteiger partial charge on any atom is 0.262 e. The standard InChI is InChI=1S/C20H15ClN4O2S/c1-12-4-6-13(7-5-12)14-10-28-20-17(14)19(23-11-24-20)27-9-16(26)25-15-3-2-8-22-18(15)21/h2-8,10-11H,9H2,1H3,(H,25,26). The summed E-state index contributed by atoms with van der Waals surface area (Å²) in [7, 11) is 0. The highest BCUT2D eigenvalue weighted by Gasteiger charge is 2.15. The van der Waals surface area contributed by atoms with Crippen molar-refractivity contribution >= 4 is 44.7 Å². The number of aromatic nitrogens is 3. The molecule has 0 aliphatic heterocycles. The molecule has 0 radical (unpaired) electrons. The van der Waals surface area contributed by atoms with E-state index in [-0.39, 0.29) is 17.7 Å². The SMILES string of the molecule is Cc1ccc(-c2csc3ncnc(OCC(=O)Nc4cccnc4Cl)c23)cc1. The number of aryl methyl sites for hydroxylation is 1. The van der Waals surface area contributed by atoms with Crippen LogP contribution in [0.3, 0.4) is 0 Å². The minimum atomic E-state index is -0.353. The number of anilines is 1. The van der Waals surface area contributed by atoms with Crippen molar-refractivity contribution in [2.45, 2.75) is 6.92 Å². The summed E-state index contributed by atoms with van der Waals surface area (Å²) in [6.45, 7) is 1.83. The Kier molecular flexibility index (Phi) is 5.18. The highest BCUT2D eigenvalue weighted by molar-refractivity contribution is 7.17. The number of halogens is 1. The average molecular weight is 411 g/mol. The number of amides is 1. The van der Waals surface area contributed by atoms with Gasteiger partial charge >= 0.3 is 0 Å². The van der Waals surface area contributed by atoms with Crippen LogP contribution in [0, 0.1) is 6.92 Å². The van der Waals surface area contributed by atoms with Gasteiger partial charge in [0.2, 0.25) is 5.88 Å². The average Bonchev–Trinajstić information content (AvgIpc) is 3.13. The largest absolute Gasteiger partial charge is 0.467 e. The Morgan fingerprint density at radius 2 is 2.00 bits per heavy atom. The van der Waals surface area contributed by atoms with E-state index >= 15 is 0 Å². The first-order valence-electron chi connectivity index (χ1n) is 8.44. The number of nitrogens with one attached hydrogen (secondary N) is 1. The summed E-state index contributed by atoms with van der Waals surface area (Å²) in [4.78, 5) is 25.5. The van der Waals surface area contributed by atoms with Crippen molar-refractivity contribution < 1.29 is 9.53 Å². The van der Waals surface area contributed by atoms with Crippen LogP contribution in [0.15, 0.2) is 54.3 Å². The number of ether oxygens (including phenoxy) is 1. The van der Waals surface area contributed by atoms with Crippen molar-refractivity contribution in [1.82, 2.24) is 15.0 Å². The smallest absolute Gasteiger partial charge is 0.262 e. The van der Waals surface area contributed by atoms with Crippen LogP contribution in [0.5, 0.6) is 5.88 Å². The molecule has 1 amide bonds. The Hall–Kier alpha value is -3.03. The highest BCUT2D eigenvalue weighted by Crippen LogP contribution is 2.37. The Labute approximate surface area is 170 Å². The third-order valence-electron chi connectivity index (χ3n) is 4.07. The monoisotopic (exact) mass is 410 g/mol. The van der Waals surface area contributed by atoms with Crippen LogP contribution in [-0.4, -0.2) is 27.5 Å². The quantitative estimate of drug-likeness (QED) is 0.481. The van der Waals surface area contributed by atoms with Gasteiger partial charge < -0.3 is 10.1 Å². The van der Waals surface area contributed by atoms with Gasteiger partial charge in [0.05, 0.1) is 11.1 Å². The van der Waals surface area contributed by atoms with E-state index in [0.29, 0.717) is 11.6 Å². The fourth-order valence-electron chi connectivity index (χ4n) is 2.70.